The lowest BCUT2D eigenvalue weighted by Crippen LogP contribution is -2.01. The minimum Gasteiger partial charge on any atom is -0.507 e. The molecule has 0 aliphatic carbocycles. The molecule has 0 aliphatic heterocycles. The van der Waals surface area contributed by atoms with Gasteiger partial charge in [0.2, 0.25) is 0 Å². The number of nitro benzene ring substituents is 1. The van der Waals surface area contributed by atoms with Crippen molar-refractivity contribution in [3.8, 4) is 11.5 Å². The fourth-order valence-corrected chi connectivity index (χ4v) is 4.73. The van der Waals surface area contributed by atoms with Gasteiger partial charge in [0.25, 0.3) is 36.0 Å². The highest BCUT2D eigenvalue weighted by Gasteiger charge is 2.26. The third kappa shape index (κ3) is 5.18. The first-order chi connectivity index (χ1) is 15.9. The largest absolute Gasteiger partial charge is 0.507 e. The van der Waals surface area contributed by atoms with Crippen LogP contribution >= 0.6 is 0 Å². The lowest BCUT2D eigenvalue weighted by atomic mass is 10.1. The summed E-state index contributed by atoms with van der Waals surface area (Å²) in [6.45, 7) is 0. The Hall–Kier alpha value is -3.75. The molecule has 0 radical (unpaired) electrons. The van der Waals surface area contributed by atoms with Crippen LogP contribution in [0.5, 0.6) is 11.5 Å². The minimum atomic E-state index is -5.23. The molecule has 0 heterocycles. The van der Waals surface area contributed by atoms with E-state index >= 15 is 0 Å². The first-order valence-corrected chi connectivity index (χ1v) is 12.9. The van der Waals surface area contributed by atoms with E-state index in [1.54, 1.807) is 0 Å². The predicted molar refractivity (Wildman–Crippen MR) is 114 cm³/mol. The summed E-state index contributed by atoms with van der Waals surface area (Å²) in [4.78, 5) is 6.72. The van der Waals surface area contributed by atoms with E-state index in [4.69, 9.17) is 4.55 Å². The molecule has 0 saturated carbocycles. The molecule has 0 aromatic heterocycles. The van der Waals surface area contributed by atoms with Crippen LogP contribution in [0.2, 0.25) is 0 Å². The molecule has 5 N–H and O–H groups in total. The molecule has 0 aliphatic rings. The molecule has 3 rings (SSSR count). The van der Waals surface area contributed by atoms with Crippen LogP contribution < -0.4 is 0 Å². The number of nitro groups is 1. The Labute approximate surface area is 195 Å². The monoisotopic (exact) mass is 549 g/mol. The third-order valence-electron chi connectivity index (χ3n) is 4.37. The average Bonchev–Trinajstić information content (AvgIpc) is 2.70. The van der Waals surface area contributed by atoms with Gasteiger partial charge in [-0.2, -0.15) is 25.3 Å². The van der Waals surface area contributed by atoms with Gasteiger partial charge < -0.3 is 10.2 Å². The lowest BCUT2D eigenvalue weighted by molar-refractivity contribution is -0.385. The summed E-state index contributed by atoms with van der Waals surface area (Å²) in [6.07, 6.45) is 0. The lowest BCUT2D eigenvalue weighted by Gasteiger charge is -2.11. The van der Waals surface area contributed by atoms with Crippen molar-refractivity contribution >= 4 is 58.2 Å². The molecule has 3 aromatic carbocycles. The van der Waals surface area contributed by atoms with Gasteiger partial charge in [-0.1, -0.05) is 0 Å². The van der Waals surface area contributed by atoms with E-state index in [0.29, 0.717) is 24.3 Å². The number of hydrogen-bond donors (Lipinski definition) is 5. The van der Waals surface area contributed by atoms with Crippen molar-refractivity contribution < 1.29 is 54.0 Å². The quantitative estimate of drug-likeness (QED) is 0.128. The second kappa shape index (κ2) is 8.48. The maximum absolute atomic E-state index is 11.9. The molecule has 0 saturated heterocycles. The van der Waals surface area contributed by atoms with Gasteiger partial charge in [0, 0.05) is 18.2 Å². The highest BCUT2D eigenvalue weighted by molar-refractivity contribution is 7.86. The molecule has 35 heavy (non-hydrogen) atoms. The van der Waals surface area contributed by atoms with Crippen molar-refractivity contribution in [3.63, 3.8) is 0 Å². The van der Waals surface area contributed by atoms with Crippen molar-refractivity contribution in [2.45, 2.75) is 14.7 Å². The predicted octanol–water partition coefficient (Wildman–Crippen LogP) is 2.31. The Bertz CT molecular complexity index is 1760. The third-order valence-corrected chi connectivity index (χ3v) is 6.95. The minimum absolute atomic E-state index is 0.427. The van der Waals surface area contributed by atoms with Gasteiger partial charge >= 0.3 is 0 Å². The number of non-ortho nitro benzene ring substituents is 1. The molecule has 0 fully saturated rings. The number of hydrogen-bond acceptors (Lipinski definition) is 12. The number of nitrogens with zero attached hydrogens (tertiary/aromatic N) is 3. The van der Waals surface area contributed by atoms with Crippen molar-refractivity contribution in [1.29, 1.82) is 0 Å². The summed E-state index contributed by atoms with van der Waals surface area (Å²) in [5.74, 6) is -2.14. The van der Waals surface area contributed by atoms with Crippen LogP contribution in [-0.2, 0) is 30.4 Å². The zero-order valence-corrected chi connectivity index (χ0v) is 19.0. The fraction of sp³-hybridized carbons (Fsp3) is 0. The van der Waals surface area contributed by atoms with Crippen molar-refractivity contribution in [3.05, 3.63) is 46.5 Å². The number of phenols is 2. The second-order valence-electron chi connectivity index (χ2n) is 6.65. The van der Waals surface area contributed by atoms with Gasteiger partial charge in [-0.05, 0) is 23.6 Å². The van der Waals surface area contributed by atoms with E-state index < -0.39 is 89.3 Å². The molecule has 19 heteroatoms. The first-order valence-electron chi connectivity index (χ1n) is 8.56. The summed E-state index contributed by atoms with van der Waals surface area (Å²) in [5.41, 5.74) is -2.57. The molecule has 0 amide bonds. The van der Waals surface area contributed by atoms with Crippen molar-refractivity contribution in [2.75, 3.05) is 0 Å². The first kappa shape index (κ1) is 25.9. The Kier molecular flexibility index (Phi) is 6.27. The van der Waals surface area contributed by atoms with Gasteiger partial charge in [-0.3, -0.25) is 23.8 Å². The normalized spacial score (nSPS) is 12.9. The standard InChI is InChI=1S/C16H11N3O13S3/c20-11-6-9(33(24,25)26)3-7-4-13(35(30,31)32)15(16(21)14(7)11)18-17-10-2-1-8(19(22)23)5-12(10)34(27,28)29/h1-6,20-21H,(H,24,25,26)(H,27,28,29)(H,30,31,32). The maximum atomic E-state index is 11.9. The Balaban J connectivity index is 2.36. The summed E-state index contributed by atoms with van der Waals surface area (Å²) in [7, 11) is -15.2. The Morgan fingerprint density at radius 3 is 1.89 bits per heavy atom. The van der Waals surface area contributed by atoms with E-state index in [2.05, 4.69) is 10.2 Å². The number of benzene rings is 3. The number of azo groups is 1. The molecule has 0 atom stereocenters. The Morgan fingerprint density at radius 2 is 1.37 bits per heavy atom. The molecule has 186 valence electrons. The zero-order valence-electron chi connectivity index (χ0n) is 16.5. The highest BCUT2D eigenvalue weighted by Crippen LogP contribution is 2.45. The number of rotatable bonds is 6. The zero-order chi connectivity index (χ0) is 26.5. The summed E-state index contributed by atoms with van der Waals surface area (Å²) in [5, 5.41) is 37.2. The van der Waals surface area contributed by atoms with Crippen LogP contribution in [0, 0.1) is 10.1 Å². The van der Waals surface area contributed by atoms with Crippen LogP contribution in [-0.4, -0.2) is 54.0 Å². The van der Waals surface area contributed by atoms with E-state index in [1.165, 1.54) is 0 Å². The Morgan fingerprint density at radius 1 is 0.771 bits per heavy atom. The van der Waals surface area contributed by atoms with Gasteiger partial charge in [0.1, 0.15) is 26.9 Å². The van der Waals surface area contributed by atoms with Gasteiger partial charge in [0.15, 0.2) is 5.75 Å². The van der Waals surface area contributed by atoms with E-state index in [0.717, 1.165) is 12.1 Å². The van der Waals surface area contributed by atoms with Gasteiger partial charge in [-0.15, -0.1) is 10.2 Å². The molecule has 0 bridgehead atoms. The van der Waals surface area contributed by atoms with Crippen LogP contribution in [0.3, 0.4) is 0 Å². The van der Waals surface area contributed by atoms with Crippen LogP contribution in [0.25, 0.3) is 10.8 Å². The molecule has 16 nitrogen and oxygen atoms in total. The second-order valence-corrected chi connectivity index (χ2v) is 10.8. The van der Waals surface area contributed by atoms with Crippen LogP contribution in [0.1, 0.15) is 0 Å². The average molecular weight is 549 g/mol. The SMILES string of the molecule is O=[N+]([O-])c1ccc(N=Nc2c(S(=O)(=O)O)cc3cc(S(=O)(=O)O)cc(O)c3c2O)c(S(=O)(=O)O)c1. The number of aromatic hydroxyl groups is 2. The van der Waals surface area contributed by atoms with Gasteiger partial charge in [0.05, 0.1) is 15.2 Å². The van der Waals surface area contributed by atoms with E-state index in [1.807, 2.05) is 0 Å². The molecule has 3 aromatic rings. The fourth-order valence-electron chi connectivity index (χ4n) is 2.89. The van der Waals surface area contributed by atoms with Crippen LogP contribution in [0.4, 0.5) is 17.1 Å². The van der Waals surface area contributed by atoms with Gasteiger partial charge in [-0.25, -0.2) is 0 Å². The summed E-state index contributed by atoms with van der Waals surface area (Å²) >= 11 is 0. The van der Waals surface area contributed by atoms with Crippen LogP contribution in [0.15, 0.2) is 61.3 Å². The molecular formula is C16H11N3O13S3. The summed E-state index contributed by atoms with van der Waals surface area (Å²) < 4.78 is 97.8. The highest BCUT2D eigenvalue weighted by atomic mass is 32.2. The smallest absolute Gasteiger partial charge is 0.297 e. The van der Waals surface area contributed by atoms with Crippen molar-refractivity contribution in [1.82, 2.24) is 0 Å². The molecule has 0 spiro atoms. The maximum Gasteiger partial charge on any atom is 0.297 e. The number of fused-ring (bicyclic) bond motifs is 1. The topological polar surface area (TPSA) is 271 Å². The summed E-state index contributed by atoms with van der Waals surface area (Å²) in [6, 6.07) is 3.66. The van der Waals surface area contributed by atoms with E-state index in [9.17, 15) is 54.7 Å². The van der Waals surface area contributed by atoms with E-state index in [-0.39, 0.29) is 0 Å². The number of phenolic OH excluding ortho intramolecular Hbond substituents is 2. The van der Waals surface area contributed by atoms with Crippen molar-refractivity contribution in [2.24, 2.45) is 10.2 Å². The molecule has 0 unspecified atom stereocenters. The molecular weight excluding hydrogens is 538 g/mol.